The quantitative estimate of drug-likeness (QED) is 0.838. The molecule has 21 heavy (non-hydrogen) atoms. The van der Waals surface area contributed by atoms with Crippen LogP contribution < -0.4 is 5.32 Å². The van der Waals surface area contributed by atoms with E-state index in [1.165, 1.54) is 6.07 Å². The molecule has 0 radical (unpaired) electrons. The zero-order chi connectivity index (χ0) is 15.0. The largest absolute Gasteiger partial charge is 0.324 e. The third kappa shape index (κ3) is 2.61. The molecular weight excluding hydrogens is 335 g/mol. The number of aliphatic imine (C=N–C) groups is 1. The lowest BCUT2D eigenvalue weighted by Crippen LogP contribution is -2.22. The van der Waals surface area contributed by atoms with E-state index in [9.17, 15) is 9.18 Å². The number of hydrogen-bond acceptors (Lipinski definition) is 2. The summed E-state index contributed by atoms with van der Waals surface area (Å²) in [5.74, 6) is -0.561. The predicted octanol–water partition coefficient (Wildman–Crippen LogP) is 3.77. The highest BCUT2D eigenvalue weighted by Crippen LogP contribution is 2.28. The normalized spacial score (nSPS) is 17.6. The Labute approximate surface area is 130 Å². The maximum absolute atomic E-state index is 14.1. The van der Waals surface area contributed by atoms with E-state index < -0.39 is 6.04 Å². The number of hydrogen-bond donors (Lipinski definition) is 1. The Morgan fingerprint density at radius 3 is 2.71 bits per heavy atom. The van der Waals surface area contributed by atoms with Gasteiger partial charge in [0.05, 0.1) is 11.4 Å². The van der Waals surface area contributed by atoms with Crippen LogP contribution in [0.4, 0.5) is 10.1 Å². The minimum atomic E-state index is -0.578. The molecular formula is C16H12BrFN2O. The average Bonchev–Trinajstić information content (AvgIpc) is 2.58. The first-order valence-corrected chi connectivity index (χ1v) is 7.29. The Morgan fingerprint density at radius 2 is 1.95 bits per heavy atom. The molecule has 1 aliphatic rings. The van der Waals surface area contributed by atoms with Gasteiger partial charge in [0.15, 0.2) is 0 Å². The lowest BCUT2D eigenvalue weighted by atomic mass is 10.00. The van der Waals surface area contributed by atoms with Crippen molar-refractivity contribution in [1.82, 2.24) is 0 Å². The zero-order valence-electron chi connectivity index (χ0n) is 11.2. The summed E-state index contributed by atoms with van der Waals surface area (Å²) in [5, 5.41) is 2.82. The number of nitrogens with one attached hydrogen (secondary N) is 1. The summed E-state index contributed by atoms with van der Waals surface area (Å²) in [5.41, 5.74) is 2.21. The van der Waals surface area contributed by atoms with Gasteiger partial charge in [0.25, 0.3) is 0 Å². The van der Waals surface area contributed by atoms with Gasteiger partial charge in [-0.05, 0) is 37.3 Å². The van der Waals surface area contributed by atoms with Crippen molar-refractivity contribution in [2.45, 2.75) is 13.0 Å². The Kier molecular flexibility index (Phi) is 3.59. The first-order valence-electron chi connectivity index (χ1n) is 6.50. The summed E-state index contributed by atoms with van der Waals surface area (Å²) in [6, 6.07) is 11.3. The average molecular weight is 347 g/mol. The van der Waals surface area contributed by atoms with Gasteiger partial charge >= 0.3 is 0 Å². The van der Waals surface area contributed by atoms with E-state index in [0.29, 0.717) is 22.5 Å². The highest BCUT2D eigenvalue weighted by molar-refractivity contribution is 9.10. The molecule has 1 aliphatic heterocycles. The van der Waals surface area contributed by atoms with Crippen LogP contribution in [0.1, 0.15) is 18.1 Å². The fraction of sp³-hybridized carbons (Fsp3) is 0.125. The van der Waals surface area contributed by atoms with Crippen LogP contribution in [-0.4, -0.2) is 17.7 Å². The van der Waals surface area contributed by atoms with Crippen molar-refractivity contribution in [1.29, 1.82) is 0 Å². The van der Waals surface area contributed by atoms with E-state index in [0.717, 1.165) is 4.47 Å². The van der Waals surface area contributed by atoms with Crippen LogP contribution in [0.25, 0.3) is 0 Å². The number of benzodiazepines with no additional fused rings is 1. The second-order valence-electron chi connectivity index (χ2n) is 4.81. The van der Waals surface area contributed by atoms with E-state index in [1.807, 2.05) is 12.1 Å². The fourth-order valence-corrected chi connectivity index (χ4v) is 2.61. The summed E-state index contributed by atoms with van der Waals surface area (Å²) in [6.07, 6.45) is 0. The summed E-state index contributed by atoms with van der Waals surface area (Å²) in [4.78, 5) is 16.4. The molecule has 106 valence electrons. The second kappa shape index (κ2) is 5.41. The molecule has 1 N–H and O–H groups in total. The first kappa shape index (κ1) is 13.9. The second-order valence-corrected chi connectivity index (χ2v) is 5.73. The molecule has 0 unspecified atom stereocenters. The molecule has 3 rings (SSSR count). The van der Waals surface area contributed by atoms with Crippen molar-refractivity contribution < 1.29 is 9.18 Å². The van der Waals surface area contributed by atoms with E-state index in [-0.39, 0.29) is 11.7 Å². The number of halogens is 2. The number of amides is 1. The van der Waals surface area contributed by atoms with Gasteiger partial charge in [0.2, 0.25) is 5.91 Å². The summed E-state index contributed by atoms with van der Waals surface area (Å²) < 4.78 is 15.0. The van der Waals surface area contributed by atoms with Crippen LogP contribution in [-0.2, 0) is 4.79 Å². The predicted molar refractivity (Wildman–Crippen MR) is 84.3 cm³/mol. The van der Waals surface area contributed by atoms with Crippen molar-refractivity contribution >= 4 is 33.2 Å². The molecule has 2 aromatic carbocycles. The number of benzene rings is 2. The third-order valence-electron chi connectivity index (χ3n) is 3.33. The van der Waals surface area contributed by atoms with Gasteiger partial charge in [-0.2, -0.15) is 0 Å². The number of rotatable bonds is 1. The van der Waals surface area contributed by atoms with E-state index in [1.54, 1.807) is 31.2 Å². The van der Waals surface area contributed by atoms with Crippen LogP contribution in [0, 0.1) is 5.82 Å². The molecule has 1 amide bonds. The van der Waals surface area contributed by atoms with Crippen molar-refractivity contribution in [3.63, 3.8) is 0 Å². The summed E-state index contributed by atoms with van der Waals surface area (Å²) in [7, 11) is 0. The van der Waals surface area contributed by atoms with Crippen LogP contribution in [0.15, 0.2) is 51.9 Å². The summed E-state index contributed by atoms with van der Waals surface area (Å²) in [6.45, 7) is 1.69. The van der Waals surface area contributed by atoms with Crippen molar-refractivity contribution in [2.24, 2.45) is 4.99 Å². The van der Waals surface area contributed by atoms with Gasteiger partial charge in [-0.3, -0.25) is 9.79 Å². The van der Waals surface area contributed by atoms with Gasteiger partial charge in [0.1, 0.15) is 11.9 Å². The Morgan fingerprint density at radius 1 is 1.19 bits per heavy atom. The number of nitrogens with zero attached hydrogens (tertiary/aromatic N) is 1. The maximum Gasteiger partial charge on any atom is 0.248 e. The minimum absolute atomic E-state index is 0.204. The Bertz CT molecular complexity index is 758. The minimum Gasteiger partial charge on any atom is -0.324 e. The molecule has 0 bridgehead atoms. The standard InChI is InChI=1S/C16H12BrFN2O/c1-9-16(21)20-14-7-6-10(17)8-12(14)15(19-9)11-4-2-3-5-13(11)18/h2-9H,1H3,(H,20,21)/t9-/m1/s1. The molecule has 0 aromatic heterocycles. The van der Waals surface area contributed by atoms with Gasteiger partial charge in [0, 0.05) is 15.6 Å². The molecule has 0 saturated heterocycles. The van der Waals surface area contributed by atoms with Crippen LogP contribution in [0.2, 0.25) is 0 Å². The molecule has 3 nitrogen and oxygen atoms in total. The zero-order valence-corrected chi connectivity index (χ0v) is 12.8. The molecule has 1 heterocycles. The third-order valence-corrected chi connectivity index (χ3v) is 3.82. The smallest absolute Gasteiger partial charge is 0.248 e. The highest BCUT2D eigenvalue weighted by Gasteiger charge is 2.24. The Balaban J connectivity index is 2.27. The molecule has 1 atom stereocenters. The SMILES string of the molecule is C[C@H]1N=C(c2ccccc2F)c2cc(Br)ccc2NC1=O. The molecule has 0 fully saturated rings. The highest BCUT2D eigenvalue weighted by atomic mass is 79.9. The summed E-state index contributed by atoms with van der Waals surface area (Å²) >= 11 is 3.40. The van der Waals surface area contributed by atoms with Crippen LogP contribution in [0.5, 0.6) is 0 Å². The van der Waals surface area contributed by atoms with E-state index >= 15 is 0 Å². The van der Waals surface area contributed by atoms with Crippen LogP contribution >= 0.6 is 15.9 Å². The van der Waals surface area contributed by atoms with Gasteiger partial charge in [-0.1, -0.05) is 28.1 Å². The number of anilines is 1. The monoisotopic (exact) mass is 346 g/mol. The van der Waals surface area contributed by atoms with Crippen molar-refractivity contribution in [3.8, 4) is 0 Å². The van der Waals surface area contributed by atoms with Gasteiger partial charge in [-0.25, -0.2) is 4.39 Å². The lowest BCUT2D eigenvalue weighted by Gasteiger charge is -2.11. The van der Waals surface area contributed by atoms with Gasteiger partial charge < -0.3 is 5.32 Å². The van der Waals surface area contributed by atoms with Crippen molar-refractivity contribution in [2.75, 3.05) is 5.32 Å². The number of carbonyl (C=O) groups is 1. The van der Waals surface area contributed by atoms with Crippen LogP contribution in [0.3, 0.4) is 0 Å². The number of fused-ring (bicyclic) bond motifs is 1. The maximum atomic E-state index is 14.1. The van der Waals surface area contributed by atoms with E-state index in [4.69, 9.17) is 0 Å². The van der Waals surface area contributed by atoms with E-state index in [2.05, 4.69) is 26.2 Å². The Hall–Kier alpha value is -2.01. The lowest BCUT2D eigenvalue weighted by molar-refractivity contribution is -0.116. The molecule has 5 heteroatoms. The molecule has 0 spiro atoms. The topological polar surface area (TPSA) is 41.5 Å². The molecule has 2 aromatic rings. The fourth-order valence-electron chi connectivity index (χ4n) is 2.25. The first-order chi connectivity index (χ1) is 10.1. The van der Waals surface area contributed by atoms with Gasteiger partial charge in [-0.15, -0.1) is 0 Å². The molecule has 0 saturated carbocycles. The number of carbonyl (C=O) groups excluding carboxylic acids is 1. The molecule has 0 aliphatic carbocycles. The van der Waals surface area contributed by atoms with Crippen molar-refractivity contribution in [3.05, 3.63) is 63.9 Å².